The van der Waals surface area contributed by atoms with Crippen molar-refractivity contribution in [3.63, 3.8) is 0 Å². The molecular weight excluding hydrogens is 402 g/mol. The number of para-hydroxylation sites is 1. The summed E-state index contributed by atoms with van der Waals surface area (Å²) < 4.78 is 13.3. The smallest absolute Gasteiger partial charge is 0.258 e. The molecule has 0 fully saturated rings. The highest BCUT2D eigenvalue weighted by Crippen LogP contribution is 2.43. The van der Waals surface area contributed by atoms with Crippen LogP contribution in [0.3, 0.4) is 0 Å². The number of benzene rings is 2. The highest BCUT2D eigenvalue weighted by molar-refractivity contribution is 5.58. The molecule has 3 aromatic rings. The van der Waals surface area contributed by atoms with Crippen LogP contribution >= 0.6 is 0 Å². The van der Waals surface area contributed by atoms with Gasteiger partial charge < -0.3 is 19.8 Å². The topological polar surface area (TPSA) is 90.3 Å². The average molecular weight is 428 g/mol. The Labute approximate surface area is 187 Å². The Hall–Kier alpha value is -3.98. The van der Waals surface area contributed by atoms with Gasteiger partial charge in [0.1, 0.15) is 23.1 Å². The van der Waals surface area contributed by atoms with Gasteiger partial charge in [0.25, 0.3) is 5.56 Å². The fraction of sp³-hybridized carbons (Fsp3) is 0.231. The summed E-state index contributed by atoms with van der Waals surface area (Å²) in [5, 5.41) is 9.89. The summed E-state index contributed by atoms with van der Waals surface area (Å²) in [6.45, 7) is 4.75. The van der Waals surface area contributed by atoms with E-state index in [2.05, 4.69) is 6.07 Å². The molecule has 0 bridgehead atoms. The quantitative estimate of drug-likeness (QED) is 0.642. The lowest BCUT2D eigenvalue weighted by Gasteiger charge is -2.28. The second kappa shape index (κ2) is 9.03. The summed E-state index contributed by atoms with van der Waals surface area (Å²) in [4.78, 5) is 13.7. The SMILES string of the molecule is CCOc1ccccc1[C@H]1C(C#N)=C(N)Oc2cc(C)n(CCc3ccccc3)c(=O)c21. The largest absolute Gasteiger partial charge is 0.494 e. The van der Waals surface area contributed by atoms with Crippen molar-refractivity contribution in [3.05, 3.63) is 105 Å². The number of nitriles is 1. The van der Waals surface area contributed by atoms with E-state index in [4.69, 9.17) is 15.2 Å². The number of allylic oxidation sites excluding steroid dienone is 1. The standard InChI is InChI=1S/C26H25N3O3/c1-3-31-21-12-8-7-11-19(21)23-20(16-27)25(28)32-22-15-17(2)29(26(30)24(22)23)14-13-18-9-5-4-6-10-18/h4-12,15,23H,3,13-14,28H2,1-2H3/t23-/m0/s1. The number of nitrogens with two attached hydrogens (primary N) is 1. The summed E-state index contributed by atoms with van der Waals surface area (Å²) in [5.41, 5.74) is 9.18. The van der Waals surface area contributed by atoms with Crippen LogP contribution in [0.4, 0.5) is 0 Å². The van der Waals surface area contributed by atoms with Crippen LogP contribution in [0, 0.1) is 18.3 Å². The molecule has 2 N–H and O–H groups in total. The van der Waals surface area contributed by atoms with Crippen LogP contribution in [0.15, 0.2) is 76.9 Å². The van der Waals surface area contributed by atoms with Crippen molar-refractivity contribution in [2.45, 2.75) is 32.7 Å². The molecule has 0 saturated heterocycles. The molecule has 1 aliphatic heterocycles. The van der Waals surface area contributed by atoms with Gasteiger partial charge in [-0.25, -0.2) is 0 Å². The molecule has 162 valence electrons. The molecule has 0 spiro atoms. The molecule has 6 heteroatoms. The zero-order valence-electron chi connectivity index (χ0n) is 18.2. The molecule has 1 aliphatic rings. The Balaban J connectivity index is 1.86. The highest BCUT2D eigenvalue weighted by atomic mass is 16.5. The maximum absolute atomic E-state index is 13.7. The predicted octanol–water partition coefficient (Wildman–Crippen LogP) is 4.02. The number of aryl methyl sites for hydroxylation is 2. The van der Waals surface area contributed by atoms with Gasteiger partial charge in [0, 0.05) is 23.9 Å². The first-order valence-corrected chi connectivity index (χ1v) is 10.6. The van der Waals surface area contributed by atoms with Crippen LogP contribution in [0.1, 0.15) is 35.2 Å². The molecule has 0 amide bonds. The van der Waals surface area contributed by atoms with Crippen molar-refractivity contribution in [2.24, 2.45) is 5.73 Å². The summed E-state index contributed by atoms with van der Waals surface area (Å²) in [6, 6.07) is 21.4. The fourth-order valence-electron chi connectivity index (χ4n) is 4.17. The van der Waals surface area contributed by atoms with Gasteiger partial charge in [0.2, 0.25) is 5.88 Å². The number of nitrogens with zero attached hydrogens (tertiary/aromatic N) is 2. The number of hydrogen-bond acceptors (Lipinski definition) is 5. The van der Waals surface area contributed by atoms with Crippen LogP contribution < -0.4 is 20.8 Å². The van der Waals surface area contributed by atoms with E-state index in [9.17, 15) is 10.1 Å². The normalized spacial score (nSPS) is 15.0. The lowest BCUT2D eigenvalue weighted by Crippen LogP contribution is -2.33. The molecule has 6 nitrogen and oxygen atoms in total. The van der Waals surface area contributed by atoms with Gasteiger partial charge in [-0.1, -0.05) is 48.5 Å². The second-order valence-corrected chi connectivity index (χ2v) is 7.65. The molecule has 2 heterocycles. The number of aromatic nitrogens is 1. The first-order valence-electron chi connectivity index (χ1n) is 10.6. The number of hydrogen-bond donors (Lipinski definition) is 1. The van der Waals surface area contributed by atoms with Gasteiger partial charge in [0.05, 0.1) is 18.1 Å². The zero-order chi connectivity index (χ0) is 22.7. The molecule has 4 rings (SSSR count). The maximum atomic E-state index is 13.7. The van der Waals surface area contributed by atoms with E-state index in [1.807, 2.05) is 74.5 Å². The van der Waals surface area contributed by atoms with E-state index in [-0.39, 0.29) is 17.0 Å². The van der Waals surface area contributed by atoms with Gasteiger partial charge in [-0.05, 0) is 31.9 Å². The van der Waals surface area contributed by atoms with Crippen LogP contribution in [0.5, 0.6) is 11.5 Å². The minimum Gasteiger partial charge on any atom is -0.494 e. The molecule has 0 aliphatic carbocycles. The Bertz CT molecular complexity index is 1270. The van der Waals surface area contributed by atoms with Crippen LogP contribution in [0.25, 0.3) is 0 Å². The molecule has 1 aromatic heterocycles. The van der Waals surface area contributed by atoms with Crippen molar-refractivity contribution >= 4 is 0 Å². The molecule has 0 radical (unpaired) electrons. The van der Waals surface area contributed by atoms with Crippen molar-refractivity contribution in [2.75, 3.05) is 6.61 Å². The second-order valence-electron chi connectivity index (χ2n) is 7.65. The van der Waals surface area contributed by atoms with E-state index >= 15 is 0 Å². The zero-order valence-corrected chi connectivity index (χ0v) is 18.2. The van der Waals surface area contributed by atoms with Gasteiger partial charge in [-0.15, -0.1) is 0 Å². The summed E-state index contributed by atoms with van der Waals surface area (Å²) in [6.07, 6.45) is 0.713. The molecular formula is C26H25N3O3. The average Bonchev–Trinajstić information content (AvgIpc) is 2.79. The lowest BCUT2D eigenvalue weighted by molar-refractivity contribution is 0.334. The monoisotopic (exact) mass is 427 g/mol. The minimum absolute atomic E-state index is 0.0112. The van der Waals surface area contributed by atoms with Gasteiger partial charge in [-0.2, -0.15) is 5.26 Å². The lowest BCUT2D eigenvalue weighted by atomic mass is 9.83. The molecule has 32 heavy (non-hydrogen) atoms. The fourth-order valence-corrected chi connectivity index (χ4v) is 4.17. The van der Waals surface area contributed by atoms with Crippen LogP contribution in [-0.2, 0) is 13.0 Å². The summed E-state index contributed by atoms with van der Waals surface area (Å²) in [5.74, 6) is 0.347. The van der Waals surface area contributed by atoms with E-state index < -0.39 is 5.92 Å². The third-order valence-electron chi connectivity index (χ3n) is 5.69. The Morgan fingerprint density at radius 2 is 1.88 bits per heavy atom. The number of rotatable bonds is 6. The van der Waals surface area contributed by atoms with Gasteiger partial charge in [0.15, 0.2) is 0 Å². The first-order chi connectivity index (χ1) is 15.5. The highest BCUT2D eigenvalue weighted by Gasteiger charge is 2.35. The number of pyridine rings is 1. The molecule has 1 atom stereocenters. The van der Waals surface area contributed by atoms with Gasteiger partial charge in [-0.3, -0.25) is 4.79 Å². The minimum atomic E-state index is -0.664. The van der Waals surface area contributed by atoms with E-state index in [1.165, 1.54) is 0 Å². The van der Waals surface area contributed by atoms with E-state index in [0.29, 0.717) is 42.2 Å². The number of fused-ring (bicyclic) bond motifs is 1. The van der Waals surface area contributed by atoms with Crippen LogP contribution in [0.2, 0.25) is 0 Å². The Morgan fingerprint density at radius 3 is 2.59 bits per heavy atom. The molecule has 2 aromatic carbocycles. The predicted molar refractivity (Wildman–Crippen MR) is 122 cm³/mol. The molecule has 0 saturated carbocycles. The van der Waals surface area contributed by atoms with E-state index in [1.54, 1.807) is 4.57 Å². The van der Waals surface area contributed by atoms with Crippen molar-refractivity contribution < 1.29 is 9.47 Å². The van der Waals surface area contributed by atoms with Crippen LogP contribution in [-0.4, -0.2) is 11.2 Å². The van der Waals surface area contributed by atoms with Crippen molar-refractivity contribution in [1.29, 1.82) is 5.26 Å². The third kappa shape index (κ3) is 3.85. The van der Waals surface area contributed by atoms with E-state index in [0.717, 1.165) is 11.3 Å². The van der Waals surface area contributed by atoms with Crippen molar-refractivity contribution in [1.82, 2.24) is 4.57 Å². The molecule has 0 unspecified atom stereocenters. The Morgan fingerprint density at radius 1 is 1.16 bits per heavy atom. The Kier molecular flexibility index (Phi) is 6.00. The number of ether oxygens (including phenoxy) is 2. The third-order valence-corrected chi connectivity index (χ3v) is 5.69. The summed E-state index contributed by atoms with van der Waals surface area (Å²) >= 11 is 0. The maximum Gasteiger partial charge on any atom is 0.258 e. The van der Waals surface area contributed by atoms with Gasteiger partial charge >= 0.3 is 0 Å². The summed E-state index contributed by atoms with van der Waals surface area (Å²) in [7, 11) is 0. The first kappa shape index (κ1) is 21.3. The van der Waals surface area contributed by atoms with Crippen molar-refractivity contribution in [3.8, 4) is 17.6 Å².